The van der Waals surface area contributed by atoms with Gasteiger partial charge in [-0.15, -0.1) is 0 Å². The van der Waals surface area contributed by atoms with Crippen molar-refractivity contribution in [2.75, 3.05) is 5.32 Å². The van der Waals surface area contributed by atoms with E-state index >= 15 is 0 Å². The molecule has 0 fully saturated rings. The summed E-state index contributed by atoms with van der Waals surface area (Å²) in [4.78, 5) is 37.0. The van der Waals surface area contributed by atoms with Crippen molar-refractivity contribution in [2.45, 2.75) is 27.7 Å². The van der Waals surface area contributed by atoms with Crippen molar-refractivity contribution < 1.29 is 19.1 Å². The predicted octanol–water partition coefficient (Wildman–Crippen LogP) is 4.96. The molecular formula is C27H27N3O4. The fourth-order valence-corrected chi connectivity index (χ4v) is 2.86. The number of hydrogen-bond donors (Lipinski definition) is 2. The minimum absolute atomic E-state index is 0.115. The molecule has 7 nitrogen and oxygen atoms in total. The first-order chi connectivity index (χ1) is 16.1. The van der Waals surface area contributed by atoms with E-state index in [1.807, 2.05) is 33.8 Å². The van der Waals surface area contributed by atoms with E-state index in [4.69, 9.17) is 4.74 Å². The minimum Gasteiger partial charge on any atom is -0.422 e. The highest BCUT2D eigenvalue weighted by molar-refractivity contribution is 5.98. The van der Waals surface area contributed by atoms with Gasteiger partial charge in [-0.3, -0.25) is 9.59 Å². The van der Waals surface area contributed by atoms with Gasteiger partial charge in [0.15, 0.2) is 0 Å². The van der Waals surface area contributed by atoms with Crippen LogP contribution in [-0.4, -0.2) is 24.0 Å². The van der Waals surface area contributed by atoms with Crippen LogP contribution in [0.15, 0.2) is 77.9 Å². The Kier molecular flexibility index (Phi) is 7.58. The highest BCUT2D eigenvalue weighted by Crippen LogP contribution is 2.19. The number of hydrazone groups is 1. The number of amides is 2. The molecule has 0 heterocycles. The first-order valence-electron chi connectivity index (χ1n) is 10.8. The molecular weight excluding hydrogens is 430 g/mol. The van der Waals surface area contributed by atoms with Crippen LogP contribution in [0.4, 0.5) is 5.69 Å². The third-order valence-electron chi connectivity index (χ3n) is 4.83. The molecule has 0 aromatic heterocycles. The lowest BCUT2D eigenvalue weighted by molar-refractivity contribution is -0.123. The van der Waals surface area contributed by atoms with Gasteiger partial charge in [-0.1, -0.05) is 50.6 Å². The number of hydrogen-bond acceptors (Lipinski definition) is 5. The fraction of sp³-hybridized carbons (Fsp3) is 0.185. The number of nitrogens with one attached hydrogen (secondary N) is 2. The van der Waals surface area contributed by atoms with E-state index in [0.717, 1.165) is 5.56 Å². The average Bonchev–Trinajstić information content (AvgIpc) is 2.80. The van der Waals surface area contributed by atoms with Crippen LogP contribution in [0.3, 0.4) is 0 Å². The van der Waals surface area contributed by atoms with Gasteiger partial charge >= 0.3 is 5.97 Å². The number of carbonyl (C=O) groups excluding carboxylic acids is 3. The van der Waals surface area contributed by atoms with Crippen LogP contribution in [0.2, 0.25) is 0 Å². The summed E-state index contributed by atoms with van der Waals surface area (Å²) in [6, 6.07) is 20.5. The monoisotopic (exact) mass is 457 g/mol. The van der Waals surface area contributed by atoms with Gasteiger partial charge < -0.3 is 10.1 Å². The number of nitrogens with zero attached hydrogens (tertiary/aromatic N) is 1. The summed E-state index contributed by atoms with van der Waals surface area (Å²) in [6.07, 6.45) is 1.41. The molecule has 0 bridgehead atoms. The molecule has 3 aromatic rings. The Balaban J connectivity index is 1.63. The van der Waals surface area contributed by atoms with Crippen LogP contribution in [-0.2, 0) is 4.79 Å². The summed E-state index contributed by atoms with van der Waals surface area (Å²) < 4.78 is 5.52. The fourth-order valence-electron chi connectivity index (χ4n) is 2.86. The number of esters is 1. The SMILES string of the molecule is Cc1cccc(C(=O)Oc2ccccc2/C=N\NC(=O)c2ccc(NC(=O)C(C)(C)C)cc2)c1. The maximum atomic E-state index is 12.5. The van der Waals surface area contributed by atoms with Gasteiger partial charge in [0.2, 0.25) is 5.91 Å². The zero-order valence-electron chi connectivity index (χ0n) is 19.6. The maximum absolute atomic E-state index is 12.5. The molecule has 0 atom stereocenters. The normalized spacial score (nSPS) is 11.2. The Labute approximate surface area is 198 Å². The topological polar surface area (TPSA) is 96.9 Å². The Morgan fingerprint density at radius 3 is 2.26 bits per heavy atom. The Morgan fingerprint density at radius 2 is 1.59 bits per heavy atom. The second kappa shape index (κ2) is 10.6. The molecule has 0 spiro atoms. The standard InChI is InChI=1S/C27H27N3O4/c1-18-8-7-10-20(16-18)25(32)34-23-11-6-5-9-21(23)17-28-30-24(31)19-12-14-22(15-13-19)29-26(33)27(2,3)4/h5-17H,1-4H3,(H,29,33)(H,30,31)/b28-17-. The molecule has 2 N–H and O–H groups in total. The molecule has 0 aliphatic carbocycles. The van der Waals surface area contributed by atoms with Gasteiger partial charge in [0.25, 0.3) is 5.91 Å². The molecule has 0 radical (unpaired) electrons. The Bertz CT molecular complexity index is 1230. The van der Waals surface area contributed by atoms with E-state index in [0.29, 0.717) is 28.1 Å². The van der Waals surface area contributed by atoms with Gasteiger partial charge in [-0.25, -0.2) is 10.2 Å². The van der Waals surface area contributed by atoms with Gasteiger partial charge in [-0.05, 0) is 55.5 Å². The number of benzene rings is 3. The maximum Gasteiger partial charge on any atom is 0.343 e. The van der Waals surface area contributed by atoms with Crippen molar-refractivity contribution in [1.82, 2.24) is 5.43 Å². The molecule has 0 unspecified atom stereocenters. The molecule has 0 aliphatic rings. The number of ether oxygens (including phenoxy) is 1. The summed E-state index contributed by atoms with van der Waals surface area (Å²) in [6.45, 7) is 7.37. The van der Waals surface area contributed by atoms with Gasteiger partial charge in [0.05, 0.1) is 11.8 Å². The molecule has 7 heteroatoms. The summed E-state index contributed by atoms with van der Waals surface area (Å²) in [5, 5.41) is 6.80. The quantitative estimate of drug-likeness (QED) is 0.237. The molecule has 0 saturated heterocycles. The van der Waals surface area contributed by atoms with Crippen molar-refractivity contribution in [3.05, 3.63) is 95.1 Å². The van der Waals surface area contributed by atoms with Crippen molar-refractivity contribution in [1.29, 1.82) is 0 Å². The lowest BCUT2D eigenvalue weighted by Gasteiger charge is -2.17. The van der Waals surface area contributed by atoms with Crippen molar-refractivity contribution in [3.63, 3.8) is 0 Å². The van der Waals surface area contributed by atoms with E-state index in [-0.39, 0.29) is 5.91 Å². The van der Waals surface area contributed by atoms with Gasteiger partial charge in [0.1, 0.15) is 5.75 Å². The second-order valence-corrected chi connectivity index (χ2v) is 8.78. The number of carbonyl (C=O) groups is 3. The van der Waals surface area contributed by atoms with E-state index in [1.165, 1.54) is 6.21 Å². The number of para-hydroxylation sites is 1. The number of anilines is 1. The molecule has 0 aliphatic heterocycles. The second-order valence-electron chi connectivity index (χ2n) is 8.78. The molecule has 2 amide bonds. The first kappa shape index (κ1) is 24.4. The van der Waals surface area contributed by atoms with Crippen LogP contribution in [0.25, 0.3) is 0 Å². The molecule has 34 heavy (non-hydrogen) atoms. The summed E-state index contributed by atoms with van der Waals surface area (Å²) in [7, 11) is 0. The van der Waals surface area contributed by atoms with Crippen molar-refractivity contribution in [3.8, 4) is 5.75 Å². The summed E-state index contributed by atoms with van der Waals surface area (Å²) >= 11 is 0. The van der Waals surface area contributed by atoms with E-state index in [1.54, 1.807) is 66.7 Å². The van der Waals surface area contributed by atoms with E-state index in [2.05, 4.69) is 15.8 Å². The zero-order valence-corrected chi connectivity index (χ0v) is 19.6. The molecule has 174 valence electrons. The lowest BCUT2D eigenvalue weighted by Crippen LogP contribution is -2.27. The molecule has 3 aromatic carbocycles. The molecule has 0 saturated carbocycles. The van der Waals surface area contributed by atoms with Crippen molar-refractivity contribution >= 4 is 29.7 Å². The highest BCUT2D eigenvalue weighted by Gasteiger charge is 2.21. The van der Waals surface area contributed by atoms with Gasteiger partial charge in [0, 0.05) is 22.2 Å². The van der Waals surface area contributed by atoms with Crippen LogP contribution < -0.4 is 15.5 Å². The number of aryl methyl sites for hydroxylation is 1. The van der Waals surface area contributed by atoms with Crippen LogP contribution in [0, 0.1) is 12.3 Å². The van der Waals surface area contributed by atoms with Gasteiger partial charge in [-0.2, -0.15) is 5.10 Å². The Morgan fingerprint density at radius 1 is 0.882 bits per heavy atom. The van der Waals surface area contributed by atoms with Crippen LogP contribution in [0.1, 0.15) is 52.6 Å². The van der Waals surface area contributed by atoms with E-state index < -0.39 is 17.3 Å². The predicted molar refractivity (Wildman–Crippen MR) is 132 cm³/mol. The lowest BCUT2D eigenvalue weighted by atomic mass is 9.95. The largest absolute Gasteiger partial charge is 0.422 e. The highest BCUT2D eigenvalue weighted by atomic mass is 16.5. The third kappa shape index (κ3) is 6.62. The molecule has 3 rings (SSSR count). The zero-order chi connectivity index (χ0) is 24.7. The Hall–Kier alpha value is -4.26. The van der Waals surface area contributed by atoms with Crippen molar-refractivity contribution in [2.24, 2.45) is 10.5 Å². The third-order valence-corrected chi connectivity index (χ3v) is 4.83. The first-order valence-corrected chi connectivity index (χ1v) is 10.8. The minimum atomic E-state index is -0.518. The average molecular weight is 458 g/mol. The number of rotatable bonds is 6. The summed E-state index contributed by atoms with van der Waals surface area (Å²) in [5.74, 6) is -0.687. The smallest absolute Gasteiger partial charge is 0.343 e. The summed E-state index contributed by atoms with van der Waals surface area (Å²) in [5.41, 5.74) is 4.85. The van der Waals surface area contributed by atoms with Crippen LogP contribution in [0.5, 0.6) is 5.75 Å². The van der Waals surface area contributed by atoms with Crippen LogP contribution >= 0.6 is 0 Å². The van der Waals surface area contributed by atoms with E-state index in [9.17, 15) is 14.4 Å².